The average Bonchev–Trinajstić information content (AvgIpc) is 2.18. The van der Waals surface area contributed by atoms with Crippen LogP contribution in [0.3, 0.4) is 0 Å². The first-order valence-corrected chi connectivity index (χ1v) is 4.07. The van der Waals surface area contributed by atoms with E-state index in [0.29, 0.717) is 11.1 Å². The fourth-order valence-electron chi connectivity index (χ4n) is 1.37. The van der Waals surface area contributed by atoms with Crippen molar-refractivity contribution in [1.82, 2.24) is 0 Å². The molecule has 1 heterocycles. The van der Waals surface area contributed by atoms with Gasteiger partial charge in [-0.2, -0.15) is 5.26 Å². The van der Waals surface area contributed by atoms with E-state index in [9.17, 15) is 4.79 Å². The minimum atomic E-state index is -0.580. The summed E-state index contributed by atoms with van der Waals surface area (Å²) in [6.07, 6.45) is 0. The van der Waals surface area contributed by atoms with E-state index in [1.807, 2.05) is 6.07 Å². The maximum atomic E-state index is 11.3. The Bertz CT molecular complexity index is 590. The van der Waals surface area contributed by atoms with Crippen LogP contribution in [0.4, 0.5) is 0 Å². The van der Waals surface area contributed by atoms with E-state index in [4.69, 9.17) is 9.68 Å². The van der Waals surface area contributed by atoms with Gasteiger partial charge in [0, 0.05) is 5.39 Å². The molecule has 3 heteroatoms. The van der Waals surface area contributed by atoms with Crippen molar-refractivity contribution in [3.63, 3.8) is 0 Å². The molecule has 14 heavy (non-hydrogen) atoms. The Morgan fingerprint density at radius 2 is 2.36 bits per heavy atom. The Morgan fingerprint density at radius 1 is 1.57 bits per heavy atom. The summed E-state index contributed by atoms with van der Waals surface area (Å²) in [6, 6.07) is 9.73. The van der Waals surface area contributed by atoms with Crippen molar-refractivity contribution in [2.45, 2.75) is 6.92 Å². The molecule has 1 aromatic heterocycles. The smallest absolute Gasteiger partial charge is 0.354 e. The van der Waals surface area contributed by atoms with Gasteiger partial charge in [0.25, 0.3) is 0 Å². The molecule has 2 rings (SSSR count). The summed E-state index contributed by atoms with van der Waals surface area (Å²) in [5.74, 6) is 0. The predicted molar refractivity (Wildman–Crippen MR) is 50.8 cm³/mol. The molecule has 0 aliphatic rings. The van der Waals surface area contributed by atoms with E-state index in [0.717, 1.165) is 5.39 Å². The third-order valence-corrected chi connectivity index (χ3v) is 2.12. The molecule has 3 nitrogen and oxygen atoms in total. The van der Waals surface area contributed by atoms with E-state index in [-0.39, 0.29) is 5.56 Å². The fraction of sp³-hybridized carbons (Fsp3) is 0.0909. The number of rotatable bonds is 0. The standard InChI is InChI=1S/C11H6NO2/c1-7-8-4-2-3-5-10(8)14-11(13)9(7)6-12/h3-5H,1H3. The molecule has 67 valence electrons. The van der Waals surface area contributed by atoms with Crippen LogP contribution in [0.5, 0.6) is 0 Å². The molecule has 0 aliphatic carbocycles. The van der Waals surface area contributed by atoms with Crippen LogP contribution in [0.2, 0.25) is 0 Å². The van der Waals surface area contributed by atoms with Gasteiger partial charge in [-0.3, -0.25) is 0 Å². The summed E-state index contributed by atoms with van der Waals surface area (Å²) in [4.78, 5) is 11.3. The lowest BCUT2D eigenvalue weighted by molar-refractivity contribution is 0.557. The van der Waals surface area contributed by atoms with E-state index in [2.05, 4.69) is 6.07 Å². The molecular formula is C11H6NO2. The molecule has 0 amide bonds. The number of fused-ring (bicyclic) bond motifs is 1. The van der Waals surface area contributed by atoms with Gasteiger partial charge >= 0.3 is 5.63 Å². The van der Waals surface area contributed by atoms with Crippen LogP contribution in [0, 0.1) is 24.3 Å². The number of benzene rings is 1. The van der Waals surface area contributed by atoms with Crippen molar-refractivity contribution in [3.05, 3.63) is 45.8 Å². The summed E-state index contributed by atoms with van der Waals surface area (Å²) in [7, 11) is 0. The van der Waals surface area contributed by atoms with Gasteiger partial charge in [0.1, 0.15) is 17.2 Å². The zero-order valence-electron chi connectivity index (χ0n) is 7.50. The molecule has 0 saturated carbocycles. The molecule has 0 N–H and O–H groups in total. The number of aryl methyl sites for hydroxylation is 1. The maximum Gasteiger partial charge on any atom is 0.354 e. The Balaban J connectivity index is 3.02. The molecule has 0 unspecified atom stereocenters. The molecule has 2 aromatic rings. The molecule has 0 saturated heterocycles. The zero-order chi connectivity index (χ0) is 10.1. The third kappa shape index (κ3) is 1.09. The van der Waals surface area contributed by atoms with Gasteiger partial charge in [-0.05, 0) is 30.7 Å². The molecule has 1 aromatic carbocycles. The Hall–Kier alpha value is -2.08. The summed E-state index contributed by atoms with van der Waals surface area (Å²) in [5.41, 5.74) is 0.627. The van der Waals surface area contributed by atoms with Crippen molar-refractivity contribution in [2.24, 2.45) is 0 Å². The number of hydrogen-bond donors (Lipinski definition) is 0. The van der Waals surface area contributed by atoms with Gasteiger partial charge in [-0.15, -0.1) is 0 Å². The Morgan fingerprint density at radius 3 is 3.07 bits per heavy atom. The van der Waals surface area contributed by atoms with E-state index in [1.165, 1.54) is 0 Å². The SMILES string of the molecule is Cc1c(C#N)c(=O)oc2cc[c]cc12. The average molecular weight is 184 g/mol. The normalized spacial score (nSPS) is 10.0. The third-order valence-electron chi connectivity index (χ3n) is 2.12. The summed E-state index contributed by atoms with van der Waals surface area (Å²) in [5, 5.41) is 9.49. The molecule has 0 spiro atoms. The van der Waals surface area contributed by atoms with Crippen molar-refractivity contribution in [2.75, 3.05) is 0 Å². The highest BCUT2D eigenvalue weighted by molar-refractivity contribution is 5.81. The maximum absolute atomic E-state index is 11.3. The lowest BCUT2D eigenvalue weighted by Gasteiger charge is -2.00. The van der Waals surface area contributed by atoms with Crippen molar-refractivity contribution in [3.8, 4) is 6.07 Å². The fourth-order valence-corrected chi connectivity index (χ4v) is 1.37. The highest BCUT2D eigenvalue weighted by Crippen LogP contribution is 2.17. The van der Waals surface area contributed by atoms with Gasteiger partial charge in [0.15, 0.2) is 0 Å². The van der Waals surface area contributed by atoms with Gasteiger partial charge in [-0.1, -0.05) is 6.07 Å². The number of nitrogens with zero attached hydrogens (tertiary/aromatic N) is 1. The van der Waals surface area contributed by atoms with Crippen LogP contribution >= 0.6 is 0 Å². The highest BCUT2D eigenvalue weighted by Gasteiger charge is 2.09. The van der Waals surface area contributed by atoms with E-state index >= 15 is 0 Å². The highest BCUT2D eigenvalue weighted by atomic mass is 16.4. The zero-order valence-corrected chi connectivity index (χ0v) is 7.50. The largest absolute Gasteiger partial charge is 0.422 e. The second-order valence-electron chi connectivity index (χ2n) is 2.92. The lowest BCUT2D eigenvalue weighted by atomic mass is 10.1. The molecule has 1 radical (unpaired) electrons. The van der Waals surface area contributed by atoms with Crippen LogP contribution in [0.15, 0.2) is 27.4 Å². The summed E-state index contributed by atoms with van der Waals surface area (Å²) >= 11 is 0. The van der Waals surface area contributed by atoms with Crippen LogP contribution in [-0.4, -0.2) is 0 Å². The Kier molecular flexibility index (Phi) is 1.83. The van der Waals surface area contributed by atoms with E-state index in [1.54, 1.807) is 25.1 Å². The first-order chi connectivity index (χ1) is 6.74. The van der Waals surface area contributed by atoms with Crippen LogP contribution in [0.25, 0.3) is 11.0 Å². The van der Waals surface area contributed by atoms with Gasteiger partial charge in [0.2, 0.25) is 0 Å². The van der Waals surface area contributed by atoms with Crippen molar-refractivity contribution >= 4 is 11.0 Å². The first kappa shape index (κ1) is 8.52. The molecule has 0 fully saturated rings. The Labute approximate surface area is 80.2 Å². The van der Waals surface area contributed by atoms with Gasteiger partial charge in [0.05, 0.1) is 0 Å². The molecule has 0 aliphatic heterocycles. The second kappa shape index (κ2) is 3.00. The summed E-state index contributed by atoms with van der Waals surface area (Å²) in [6.45, 7) is 1.73. The van der Waals surface area contributed by atoms with Gasteiger partial charge < -0.3 is 4.42 Å². The number of hydrogen-bond acceptors (Lipinski definition) is 3. The molecular weight excluding hydrogens is 178 g/mol. The van der Waals surface area contributed by atoms with Crippen LogP contribution in [0.1, 0.15) is 11.1 Å². The minimum Gasteiger partial charge on any atom is -0.422 e. The van der Waals surface area contributed by atoms with Crippen LogP contribution < -0.4 is 5.63 Å². The molecule has 0 atom stereocenters. The monoisotopic (exact) mass is 184 g/mol. The van der Waals surface area contributed by atoms with Gasteiger partial charge in [-0.25, -0.2) is 4.79 Å². The van der Waals surface area contributed by atoms with Crippen LogP contribution in [-0.2, 0) is 0 Å². The van der Waals surface area contributed by atoms with E-state index < -0.39 is 5.63 Å². The lowest BCUT2D eigenvalue weighted by Crippen LogP contribution is -2.06. The topological polar surface area (TPSA) is 54.0 Å². The molecule has 0 bridgehead atoms. The van der Waals surface area contributed by atoms with Crippen molar-refractivity contribution < 1.29 is 4.42 Å². The minimum absolute atomic E-state index is 0.0668. The second-order valence-corrected chi connectivity index (χ2v) is 2.92. The summed E-state index contributed by atoms with van der Waals surface area (Å²) < 4.78 is 4.97. The van der Waals surface area contributed by atoms with Crippen molar-refractivity contribution in [1.29, 1.82) is 5.26 Å². The predicted octanol–water partition coefficient (Wildman–Crippen LogP) is 1.77. The quantitative estimate of drug-likeness (QED) is 0.586. The first-order valence-electron chi connectivity index (χ1n) is 4.07. The number of nitriles is 1.